The van der Waals surface area contributed by atoms with Crippen molar-refractivity contribution in [2.45, 2.75) is 43.7 Å². The maximum Gasteiger partial charge on any atom is 0.243 e. The average Bonchev–Trinajstić information content (AvgIpc) is 3.35. The molecule has 0 N–H and O–H groups in total. The van der Waals surface area contributed by atoms with E-state index in [-0.39, 0.29) is 29.7 Å². The van der Waals surface area contributed by atoms with Gasteiger partial charge in [-0.3, -0.25) is 4.79 Å². The number of sulfonamides is 1. The van der Waals surface area contributed by atoms with Crippen LogP contribution in [0.15, 0.2) is 64.9 Å². The van der Waals surface area contributed by atoms with Crippen molar-refractivity contribution in [2.75, 3.05) is 19.7 Å². The Morgan fingerprint density at radius 3 is 2.64 bits per heavy atom. The first-order chi connectivity index (χ1) is 17.2. The molecule has 0 fully saturated rings. The number of nitrogens with zero attached hydrogens (tertiary/aromatic N) is 2. The molecule has 1 aliphatic rings. The van der Waals surface area contributed by atoms with Gasteiger partial charge in [0, 0.05) is 22.5 Å². The lowest BCUT2D eigenvalue weighted by Gasteiger charge is -2.37. The molecule has 1 aromatic heterocycles. The fraction of sp³-hybridized carbons (Fsp3) is 0.346. The third kappa shape index (κ3) is 5.59. The molecule has 3 aromatic rings. The van der Waals surface area contributed by atoms with Crippen molar-refractivity contribution in [3.63, 3.8) is 0 Å². The lowest BCUT2D eigenvalue weighted by atomic mass is 10.0. The molecule has 0 aliphatic carbocycles. The summed E-state index contributed by atoms with van der Waals surface area (Å²) >= 11 is 7.55. The summed E-state index contributed by atoms with van der Waals surface area (Å²) < 4.78 is 48.2. The number of benzene rings is 2. The van der Waals surface area contributed by atoms with Gasteiger partial charge in [0.15, 0.2) is 11.6 Å². The molecule has 1 amide bonds. The van der Waals surface area contributed by atoms with E-state index < -0.39 is 27.9 Å². The highest BCUT2D eigenvalue weighted by atomic mass is 35.5. The van der Waals surface area contributed by atoms with Crippen LogP contribution in [0.2, 0.25) is 5.02 Å². The normalized spacial score (nSPS) is 16.6. The molecule has 0 saturated carbocycles. The molecule has 10 heteroatoms. The van der Waals surface area contributed by atoms with Gasteiger partial charge in [-0.2, -0.15) is 4.31 Å². The Labute approximate surface area is 220 Å². The molecular formula is C26H28ClFN2O4S2. The van der Waals surface area contributed by atoms with Crippen molar-refractivity contribution >= 4 is 38.9 Å². The molecule has 192 valence electrons. The van der Waals surface area contributed by atoms with Gasteiger partial charge in [-0.1, -0.05) is 30.7 Å². The Morgan fingerprint density at radius 2 is 1.94 bits per heavy atom. The van der Waals surface area contributed by atoms with Gasteiger partial charge in [0.05, 0.1) is 17.5 Å². The Morgan fingerprint density at radius 1 is 1.22 bits per heavy atom. The molecule has 2 atom stereocenters. The van der Waals surface area contributed by atoms with E-state index in [1.54, 1.807) is 41.4 Å². The number of hydrogen-bond acceptors (Lipinski definition) is 5. The van der Waals surface area contributed by atoms with E-state index in [9.17, 15) is 17.6 Å². The predicted octanol–water partition coefficient (Wildman–Crippen LogP) is 5.53. The molecule has 1 aliphatic heterocycles. The standard InChI is InChI=1S/C26H28ClFN2O4S2/c1-3-18(2)30(36(32,33)20-10-8-19(27)9-11-20)16-26(31)29-14-12-25-21(13-15-35-25)23(29)17-34-24-7-5-4-6-22(24)28/h4-11,13,15,18,23H,3,12,14,16-17H2,1-2H3/t18-,23-/m1/s1. The van der Waals surface area contributed by atoms with Gasteiger partial charge in [0.2, 0.25) is 15.9 Å². The van der Waals surface area contributed by atoms with Gasteiger partial charge in [0.1, 0.15) is 6.61 Å². The fourth-order valence-electron chi connectivity index (χ4n) is 4.25. The summed E-state index contributed by atoms with van der Waals surface area (Å²) in [6.07, 6.45) is 1.21. The molecule has 6 nitrogen and oxygen atoms in total. The van der Waals surface area contributed by atoms with E-state index >= 15 is 0 Å². The van der Waals surface area contributed by atoms with Crippen LogP contribution in [-0.2, 0) is 21.2 Å². The van der Waals surface area contributed by atoms with E-state index in [2.05, 4.69) is 0 Å². The number of halogens is 2. The molecular weight excluding hydrogens is 523 g/mol. The fourth-order valence-corrected chi connectivity index (χ4v) is 6.96. The maximum absolute atomic E-state index is 14.2. The second-order valence-corrected chi connectivity index (χ2v) is 12.0. The van der Waals surface area contributed by atoms with E-state index in [4.69, 9.17) is 16.3 Å². The van der Waals surface area contributed by atoms with Crippen molar-refractivity contribution in [3.05, 3.63) is 81.3 Å². The van der Waals surface area contributed by atoms with E-state index in [0.29, 0.717) is 24.4 Å². The molecule has 2 heterocycles. The van der Waals surface area contributed by atoms with Crippen LogP contribution in [0.5, 0.6) is 5.75 Å². The molecule has 2 aromatic carbocycles. The van der Waals surface area contributed by atoms with Crippen LogP contribution in [0.3, 0.4) is 0 Å². The first-order valence-corrected chi connectivity index (χ1v) is 14.4. The number of rotatable bonds is 9. The summed E-state index contributed by atoms with van der Waals surface area (Å²) in [4.78, 5) is 16.5. The molecule has 0 spiro atoms. The SMILES string of the molecule is CC[C@@H](C)N(CC(=O)N1CCc2sccc2[C@H]1COc1ccccc1F)S(=O)(=O)c1ccc(Cl)cc1. The van der Waals surface area contributed by atoms with E-state index in [1.165, 1.54) is 34.6 Å². The molecule has 4 rings (SSSR count). The number of para-hydroxylation sites is 1. The second kappa shape index (κ2) is 11.3. The molecule has 36 heavy (non-hydrogen) atoms. The summed E-state index contributed by atoms with van der Waals surface area (Å²) in [6.45, 7) is 3.84. The summed E-state index contributed by atoms with van der Waals surface area (Å²) in [6, 6.07) is 13.2. The number of amides is 1. The maximum atomic E-state index is 14.2. The van der Waals surface area contributed by atoms with Crippen molar-refractivity contribution in [3.8, 4) is 5.75 Å². The Balaban J connectivity index is 1.59. The molecule has 0 unspecified atom stereocenters. The quantitative estimate of drug-likeness (QED) is 0.351. The number of carbonyl (C=O) groups is 1. The Hall–Kier alpha value is -2.46. The predicted molar refractivity (Wildman–Crippen MR) is 139 cm³/mol. The largest absolute Gasteiger partial charge is 0.488 e. The summed E-state index contributed by atoms with van der Waals surface area (Å²) in [5.74, 6) is -0.695. The van der Waals surface area contributed by atoms with Crippen LogP contribution < -0.4 is 4.74 Å². The first-order valence-electron chi connectivity index (χ1n) is 11.7. The number of ether oxygens (including phenoxy) is 1. The zero-order chi connectivity index (χ0) is 25.9. The smallest absolute Gasteiger partial charge is 0.243 e. The van der Waals surface area contributed by atoms with Crippen LogP contribution in [0.1, 0.15) is 36.8 Å². The molecule has 0 saturated heterocycles. The first kappa shape index (κ1) is 26.6. The minimum Gasteiger partial charge on any atom is -0.488 e. The third-order valence-corrected chi connectivity index (χ3v) is 9.67. The van der Waals surface area contributed by atoms with Gasteiger partial charge in [0.25, 0.3) is 0 Å². The minimum atomic E-state index is -3.94. The summed E-state index contributed by atoms with van der Waals surface area (Å²) in [5.41, 5.74) is 0.951. The van der Waals surface area contributed by atoms with Crippen LogP contribution >= 0.6 is 22.9 Å². The van der Waals surface area contributed by atoms with Crippen LogP contribution in [0, 0.1) is 5.82 Å². The van der Waals surface area contributed by atoms with Crippen LogP contribution in [-0.4, -0.2) is 49.3 Å². The van der Waals surface area contributed by atoms with Crippen molar-refractivity contribution in [2.24, 2.45) is 0 Å². The lowest BCUT2D eigenvalue weighted by molar-refractivity contribution is -0.135. The number of hydrogen-bond donors (Lipinski definition) is 0. The van der Waals surface area contributed by atoms with Gasteiger partial charge >= 0.3 is 0 Å². The average molecular weight is 551 g/mol. The van der Waals surface area contributed by atoms with E-state index in [1.807, 2.05) is 18.4 Å². The van der Waals surface area contributed by atoms with Gasteiger partial charge in [-0.15, -0.1) is 11.3 Å². The Kier molecular flexibility index (Phi) is 8.34. The van der Waals surface area contributed by atoms with Gasteiger partial charge in [-0.25, -0.2) is 12.8 Å². The van der Waals surface area contributed by atoms with Crippen LogP contribution in [0.25, 0.3) is 0 Å². The number of carbonyl (C=O) groups excluding carboxylic acids is 1. The highest BCUT2D eigenvalue weighted by molar-refractivity contribution is 7.89. The number of fused-ring (bicyclic) bond motifs is 1. The van der Waals surface area contributed by atoms with Crippen LogP contribution in [0.4, 0.5) is 4.39 Å². The third-order valence-electron chi connectivity index (χ3n) is 6.44. The van der Waals surface area contributed by atoms with Crippen molar-refractivity contribution in [1.29, 1.82) is 0 Å². The van der Waals surface area contributed by atoms with Gasteiger partial charge in [-0.05, 0) is 73.2 Å². The Bertz CT molecular complexity index is 1310. The van der Waals surface area contributed by atoms with Gasteiger partial charge < -0.3 is 9.64 Å². The lowest BCUT2D eigenvalue weighted by Crippen LogP contribution is -2.49. The zero-order valence-corrected chi connectivity index (χ0v) is 22.5. The second-order valence-electron chi connectivity index (χ2n) is 8.65. The summed E-state index contributed by atoms with van der Waals surface area (Å²) in [7, 11) is -3.94. The number of thiophene rings is 1. The minimum absolute atomic E-state index is 0.0592. The van der Waals surface area contributed by atoms with E-state index in [0.717, 1.165) is 10.4 Å². The molecule has 0 radical (unpaired) electrons. The van der Waals surface area contributed by atoms with Crippen molar-refractivity contribution in [1.82, 2.24) is 9.21 Å². The van der Waals surface area contributed by atoms with Crippen molar-refractivity contribution < 1.29 is 22.3 Å². The monoisotopic (exact) mass is 550 g/mol. The topological polar surface area (TPSA) is 66.9 Å². The zero-order valence-electron chi connectivity index (χ0n) is 20.1. The summed E-state index contributed by atoms with van der Waals surface area (Å²) in [5, 5.41) is 2.39. The molecule has 0 bridgehead atoms. The highest BCUT2D eigenvalue weighted by Crippen LogP contribution is 2.34. The highest BCUT2D eigenvalue weighted by Gasteiger charge is 2.36.